The van der Waals surface area contributed by atoms with Crippen LogP contribution in [0.25, 0.3) is 0 Å². The van der Waals surface area contributed by atoms with Gasteiger partial charge in [0.05, 0.1) is 0 Å². The Morgan fingerprint density at radius 2 is 1.52 bits per heavy atom. The Kier molecular flexibility index (Phi) is 5.11. The highest BCUT2D eigenvalue weighted by atomic mass is 19.1. The Morgan fingerprint density at radius 3 is 2.05 bits per heavy atom. The standard InChI is InChI=1S/C15H16FN3O2/c16-11-1-3-12(4-2-11)18-15(20)19-13-5-7-14(8-6-13)21-10-9-17/h1-8H,9-10,17H2,(H2,18,19,20). The number of ether oxygens (including phenoxy) is 1. The molecule has 5 nitrogen and oxygen atoms in total. The minimum atomic E-state index is -0.405. The first kappa shape index (κ1) is 14.8. The van der Waals surface area contributed by atoms with Crippen LogP contribution in [0.3, 0.4) is 0 Å². The summed E-state index contributed by atoms with van der Waals surface area (Å²) in [7, 11) is 0. The molecule has 0 aliphatic heterocycles. The zero-order valence-corrected chi connectivity index (χ0v) is 11.3. The summed E-state index contributed by atoms with van der Waals surface area (Å²) in [6.07, 6.45) is 0. The minimum Gasteiger partial charge on any atom is -0.492 e. The van der Waals surface area contributed by atoms with E-state index in [9.17, 15) is 9.18 Å². The first-order chi connectivity index (χ1) is 10.2. The lowest BCUT2D eigenvalue weighted by Gasteiger charge is -2.09. The van der Waals surface area contributed by atoms with E-state index < -0.39 is 6.03 Å². The molecule has 0 saturated carbocycles. The molecule has 2 aromatic rings. The van der Waals surface area contributed by atoms with Gasteiger partial charge >= 0.3 is 6.03 Å². The fourth-order valence-corrected chi connectivity index (χ4v) is 1.64. The molecule has 0 aliphatic carbocycles. The molecule has 0 radical (unpaired) electrons. The molecule has 21 heavy (non-hydrogen) atoms. The summed E-state index contributed by atoms with van der Waals surface area (Å²) in [5.41, 5.74) is 6.47. The zero-order chi connectivity index (χ0) is 15.1. The number of hydrogen-bond donors (Lipinski definition) is 3. The summed E-state index contributed by atoms with van der Waals surface area (Å²) in [5, 5.41) is 5.27. The van der Waals surface area contributed by atoms with Gasteiger partial charge in [-0.1, -0.05) is 0 Å². The van der Waals surface area contributed by atoms with E-state index in [1.807, 2.05) is 0 Å². The van der Waals surface area contributed by atoms with Gasteiger partial charge < -0.3 is 21.1 Å². The molecular formula is C15H16FN3O2. The lowest BCUT2D eigenvalue weighted by molar-refractivity contribution is 0.262. The lowest BCUT2D eigenvalue weighted by Crippen LogP contribution is -2.19. The Morgan fingerprint density at radius 1 is 1.00 bits per heavy atom. The van der Waals surface area contributed by atoms with Crippen molar-refractivity contribution in [3.05, 3.63) is 54.3 Å². The Labute approximate surface area is 121 Å². The maximum atomic E-state index is 12.7. The molecule has 6 heteroatoms. The first-order valence-electron chi connectivity index (χ1n) is 6.44. The van der Waals surface area contributed by atoms with Crippen LogP contribution in [0.1, 0.15) is 0 Å². The van der Waals surface area contributed by atoms with Crippen molar-refractivity contribution in [2.24, 2.45) is 5.73 Å². The van der Waals surface area contributed by atoms with Gasteiger partial charge in [-0.25, -0.2) is 9.18 Å². The van der Waals surface area contributed by atoms with Crippen LogP contribution in [-0.2, 0) is 0 Å². The third-order valence-corrected chi connectivity index (χ3v) is 2.60. The molecular weight excluding hydrogens is 273 g/mol. The third kappa shape index (κ3) is 4.77. The van der Waals surface area contributed by atoms with Crippen LogP contribution in [0.4, 0.5) is 20.6 Å². The second-order valence-corrected chi connectivity index (χ2v) is 4.25. The predicted molar refractivity (Wildman–Crippen MR) is 80.0 cm³/mol. The molecule has 0 spiro atoms. The molecule has 2 amide bonds. The topological polar surface area (TPSA) is 76.4 Å². The smallest absolute Gasteiger partial charge is 0.323 e. The summed E-state index contributed by atoms with van der Waals surface area (Å²) >= 11 is 0. The van der Waals surface area contributed by atoms with Crippen molar-refractivity contribution in [1.82, 2.24) is 0 Å². The van der Waals surface area contributed by atoms with Crippen molar-refractivity contribution in [3.8, 4) is 5.75 Å². The van der Waals surface area contributed by atoms with Crippen LogP contribution in [0.2, 0.25) is 0 Å². The van der Waals surface area contributed by atoms with Gasteiger partial charge in [-0.3, -0.25) is 0 Å². The quantitative estimate of drug-likeness (QED) is 0.792. The van der Waals surface area contributed by atoms with Crippen molar-refractivity contribution < 1.29 is 13.9 Å². The summed E-state index contributed by atoms with van der Waals surface area (Å²) in [6.45, 7) is 0.887. The van der Waals surface area contributed by atoms with Crippen LogP contribution >= 0.6 is 0 Å². The number of amides is 2. The summed E-state index contributed by atoms with van der Waals surface area (Å²) < 4.78 is 18.1. The van der Waals surface area contributed by atoms with Crippen molar-refractivity contribution in [1.29, 1.82) is 0 Å². The molecule has 2 rings (SSSR count). The number of benzene rings is 2. The monoisotopic (exact) mass is 289 g/mol. The van der Waals surface area contributed by atoms with Crippen molar-refractivity contribution in [3.63, 3.8) is 0 Å². The molecule has 0 heterocycles. The number of hydrogen-bond acceptors (Lipinski definition) is 3. The normalized spacial score (nSPS) is 10.0. The van der Waals surface area contributed by atoms with E-state index in [4.69, 9.17) is 10.5 Å². The van der Waals surface area contributed by atoms with Crippen LogP contribution < -0.4 is 21.1 Å². The highest BCUT2D eigenvalue weighted by molar-refractivity contribution is 5.99. The molecule has 0 fully saturated rings. The summed E-state index contributed by atoms with van der Waals surface area (Å²) in [5.74, 6) is 0.332. The van der Waals surface area contributed by atoms with E-state index >= 15 is 0 Å². The van der Waals surface area contributed by atoms with Gasteiger partial charge in [0.1, 0.15) is 18.2 Å². The molecule has 0 unspecified atom stereocenters. The number of nitrogens with two attached hydrogens (primary N) is 1. The maximum absolute atomic E-state index is 12.7. The average Bonchev–Trinajstić information content (AvgIpc) is 2.49. The van der Waals surface area contributed by atoms with Gasteiger partial charge in [-0.05, 0) is 48.5 Å². The second kappa shape index (κ2) is 7.25. The van der Waals surface area contributed by atoms with Crippen molar-refractivity contribution >= 4 is 17.4 Å². The minimum absolute atomic E-state index is 0.353. The van der Waals surface area contributed by atoms with Gasteiger partial charge in [0, 0.05) is 17.9 Å². The van der Waals surface area contributed by atoms with Crippen molar-refractivity contribution in [2.45, 2.75) is 0 Å². The summed E-state index contributed by atoms with van der Waals surface area (Å²) in [4.78, 5) is 11.8. The van der Waals surface area contributed by atoms with Gasteiger partial charge in [0.2, 0.25) is 0 Å². The zero-order valence-electron chi connectivity index (χ0n) is 11.3. The van der Waals surface area contributed by atoms with E-state index in [-0.39, 0.29) is 5.82 Å². The van der Waals surface area contributed by atoms with E-state index in [0.29, 0.717) is 30.3 Å². The summed E-state index contributed by atoms with van der Waals surface area (Å²) in [6, 6.07) is 12.0. The van der Waals surface area contributed by atoms with E-state index in [2.05, 4.69) is 10.6 Å². The molecule has 0 atom stereocenters. The fourth-order valence-electron chi connectivity index (χ4n) is 1.64. The lowest BCUT2D eigenvalue weighted by atomic mass is 10.3. The number of nitrogens with one attached hydrogen (secondary N) is 2. The van der Waals surface area contributed by atoms with Gasteiger partial charge in [-0.2, -0.15) is 0 Å². The number of halogens is 1. The maximum Gasteiger partial charge on any atom is 0.323 e. The Hall–Kier alpha value is -2.60. The van der Waals surface area contributed by atoms with E-state index in [1.54, 1.807) is 24.3 Å². The Balaban J connectivity index is 1.88. The number of carbonyl (C=O) groups is 1. The van der Waals surface area contributed by atoms with Crippen LogP contribution in [0, 0.1) is 5.82 Å². The molecule has 0 saturated heterocycles. The number of rotatable bonds is 5. The van der Waals surface area contributed by atoms with Gasteiger partial charge in [0.15, 0.2) is 0 Å². The van der Waals surface area contributed by atoms with Crippen LogP contribution in [0.5, 0.6) is 5.75 Å². The highest BCUT2D eigenvalue weighted by Crippen LogP contribution is 2.16. The third-order valence-electron chi connectivity index (χ3n) is 2.60. The molecule has 0 aromatic heterocycles. The van der Waals surface area contributed by atoms with Crippen LogP contribution in [-0.4, -0.2) is 19.2 Å². The molecule has 110 valence electrons. The van der Waals surface area contributed by atoms with E-state index in [0.717, 1.165) is 0 Å². The molecule has 0 bridgehead atoms. The largest absolute Gasteiger partial charge is 0.492 e. The Bertz CT molecular complexity index is 585. The van der Waals surface area contributed by atoms with Gasteiger partial charge in [0.25, 0.3) is 0 Å². The number of urea groups is 1. The number of carbonyl (C=O) groups excluding carboxylic acids is 1. The molecule has 4 N–H and O–H groups in total. The SMILES string of the molecule is NCCOc1ccc(NC(=O)Nc2ccc(F)cc2)cc1. The predicted octanol–water partition coefficient (Wildman–Crippen LogP) is 2.81. The molecule has 2 aromatic carbocycles. The van der Waals surface area contributed by atoms with Crippen molar-refractivity contribution in [2.75, 3.05) is 23.8 Å². The second-order valence-electron chi connectivity index (χ2n) is 4.25. The van der Waals surface area contributed by atoms with E-state index in [1.165, 1.54) is 24.3 Å². The molecule has 0 aliphatic rings. The first-order valence-corrected chi connectivity index (χ1v) is 6.44. The van der Waals surface area contributed by atoms with Crippen LogP contribution in [0.15, 0.2) is 48.5 Å². The van der Waals surface area contributed by atoms with Gasteiger partial charge in [-0.15, -0.1) is 0 Å². The fraction of sp³-hybridized carbons (Fsp3) is 0.133. The average molecular weight is 289 g/mol. The highest BCUT2D eigenvalue weighted by Gasteiger charge is 2.03. The number of anilines is 2.